The summed E-state index contributed by atoms with van der Waals surface area (Å²) < 4.78 is 0. The number of nitrogens with two attached hydrogens (primary N) is 1. The lowest BCUT2D eigenvalue weighted by Crippen LogP contribution is -1.96. The van der Waals surface area contributed by atoms with Crippen LogP contribution in [0, 0.1) is 0 Å². The molecular formula is C12H13N2O. The maximum absolute atomic E-state index is 11.7. The van der Waals surface area contributed by atoms with Gasteiger partial charge in [-0.2, -0.15) is 0 Å². The van der Waals surface area contributed by atoms with Crippen LogP contribution < -0.4 is 5.73 Å². The summed E-state index contributed by atoms with van der Waals surface area (Å²) in [7, 11) is 0. The van der Waals surface area contributed by atoms with Crippen LogP contribution in [-0.2, 0) is 18.1 Å². The van der Waals surface area contributed by atoms with Gasteiger partial charge < -0.3 is 5.73 Å². The first-order chi connectivity index (χ1) is 7.24. The van der Waals surface area contributed by atoms with Gasteiger partial charge in [-0.15, -0.1) is 0 Å². The van der Waals surface area contributed by atoms with Gasteiger partial charge in [0.1, 0.15) is 0 Å². The fourth-order valence-electron chi connectivity index (χ4n) is 1.60. The Morgan fingerprint density at radius 3 is 2.80 bits per heavy atom. The molecule has 77 valence electrons. The van der Waals surface area contributed by atoms with Crippen molar-refractivity contribution in [2.24, 2.45) is 5.73 Å². The summed E-state index contributed by atoms with van der Waals surface area (Å²) in [6, 6.07) is 7.19. The molecule has 3 nitrogen and oxygen atoms in total. The van der Waals surface area contributed by atoms with Crippen LogP contribution in [0.5, 0.6) is 5.75 Å². The molecule has 1 aromatic heterocycles. The van der Waals surface area contributed by atoms with Crippen LogP contribution in [0.3, 0.4) is 0 Å². The van der Waals surface area contributed by atoms with Crippen molar-refractivity contribution in [1.29, 1.82) is 0 Å². The average Bonchev–Trinajstić information content (AvgIpc) is 2.28. The van der Waals surface area contributed by atoms with E-state index in [0.29, 0.717) is 11.9 Å². The minimum Gasteiger partial charge on any atom is -0.326 e. The second-order valence-electron chi connectivity index (χ2n) is 3.52. The molecule has 1 aromatic carbocycles. The van der Waals surface area contributed by atoms with E-state index in [0.717, 1.165) is 23.2 Å². The van der Waals surface area contributed by atoms with Crippen molar-refractivity contribution < 1.29 is 5.11 Å². The molecule has 2 rings (SSSR count). The van der Waals surface area contributed by atoms with Crippen molar-refractivity contribution in [1.82, 2.24) is 4.98 Å². The van der Waals surface area contributed by atoms with Crippen LogP contribution in [-0.4, -0.2) is 4.98 Å². The third-order valence-electron chi connectivity index (χ3n) is 2.49. The Balaban J connectivity index is 2.68. The molecule has 0 atom stereocenters. The lowest BCUT2D eigenvalue weighted by Gasteiger charge is -2.03. The molecule has 1 radical (unpaired) electrons. The number of nitrogens with zero attached hydrogens (tertiary/aromatic N) is 1. The number of benzene rings is 1. The molecule has 0 aliphatic rings. The predicted molar refractivity (Wildman–Crippen MR) is 59.1 cm³/mol. The molecule has 3 heteroatoms. The van der Waals surface area contributed by atoms with Crippen LogP contribution in [0.25, 0.3) is 10.9 Å². The van der Waals surface area contributed by atoms with Crippen molar-refractivity contribution in [3.05, 3.63) is 35.5 Å². The van der Waals surface area contributed by atoms with Crippen molar-refractivity contribution in [3.8, 4) is 5.75 Å². The van der Waals surface area contributed by atoms with Crippen LogP contribution in [0.4, 0.5) is 0 Å². The average molecular weight is 201 g/mol. The monoisotopic (exact) mass is 201 g/mol. The number of fused-ring (bicyclic) bond motifs is 1. The molecule has 0 aliphatic carbocycles. The summed E-state index contributed by atoms with van der Waals surface area (Å²) in [5.74, 6) is 0.0344. The van der Waals surface area contributed by atoms with Gasteiger partial charge in [0, 0.05) is 23.7 Å². The normalized spacial score (nSPS) is 10.8. The zero-order valence-corrected chi connectivity index (χ0v) is 8.66. The maximum Gasteiger partial charge on any atom is 0.189 e. The Kier molecular flexibility index (Phi) is 2.56. The zero-order chi connectivity index (χ0) is 10.8. The first-order valence-electron chi connectivity index (χ1n) is 5.04. The van der Waals surface area contributed by atoms with E-state index in [9.17, 15) is 5.11 Å². The summed E-state index contributed by atoms with van der Waals surface area (Å²) in [6.07, 6.45) is 0.782. The maximum atomic E-state index is 11.7. The van der Waals surface area contributed by atoms with Gasteiger partial charge >= 0.3 is 0 Å². The van der Waals surface area contributed by atoms with Crippen LogP contribution in [0.15, 0.2) is 24.3 Å². The van der Waals surface area contributed by atoms with Gasteiger partial charge in [0.25, 0.3) is 0 Å². The molecule has 0 saturated heterocycles. The Morgan fingerprint density at radius 2 is 2.13 bits per heavy atom. The molecule has 0 amide bonds. The second-order valence-corrected chi connectivity index (χ2v) is 3.52. The Bertz CT molecular complexity index is 494. The van der Waals surface area contributed by atoms with E-state index in [1.54, 1.807) is 6.07 Å². The highest BCUT2D eigenvalue weighted by atomic mass is 16.3. The predicted octanol–water partition coefficient (Wildman–Crippen LogP) is 2.40. The number of aromatic nitrogens is 1. The van der Waals surface area contributed by atoms with E-state index >= 15 is 0 Å². The van der Waals surface area contributed by atoms with E-state index in [1.165, 1.54) is 0 Å². The van der Waals surface area contributed by atoms with Crippen molar-refractivity contribution in [2.75, 3.05) is 0 Å². The number of aryl methyl sites for hydroxylation is 1. The molecule has 0 aliphatic heterocycles. The molecule has 0 bridgehead atoms. The third kappa shape index (κ3) is 1.78. The van der Waals surface area contributed by atoms with Gasteiger partial charge in [-0.3, -0.25) is 10.1 Å². The Labute approximate surface area is 88.6 Å². The second kappa shape index (κ2) is 3.87. The molecule has 2 aromatic rings. The molecular weight excluding hydrogens is 188 g/mol. The first kappa shape index (κ1) is 9.93. The van der Waals surface area contributed by atoms with Gasteiger partial charge in [0.2, 0.25) is 0 Å². The van der Waals surface area contributed by atoms with Crippen molar-refractivity contribution in [3.63, 3.8) is 0 Å². The first-order valence-corrected chi connectivity index (χ1v) is 5.04. The summed E-state index contributed by atoms with van der Waals surface area (Å²) in [5.41, 5.74) is 8.09. The highest BCUT2D eigenvalue weighted by Gasteiger charge is 2.05. The van der Waals surface area contributed by atoms with Gasteiger partial charge in [0.15, 0.2) is 5.75 Å². The van der Waals surface area contributed by atoms with Gasteiger partial charge in [0.05, 0.1) is 5.52 Å². The number of hydrogen-bond donors (Lipinski definition) is 1. The summed E-state index contributed by atoms with van der Waals surface area (Å²) in [5, 5.41) is 12.4. The Hall–Kier alpha value is -1.61. The van der Waals surface area contributed by atoms with Gasteiger partial charge in [-0.1, -0.05) is 13.0 Å². The van der Waals surface area contributed by atoms with Crippen LogP contribution in [0.1, 0.15) is 18.2 Å². The van der Waals surface area contributed by atoms with E-state index in [-0.39, 0.29) is 5.75 Å². The summed E-state index contributed by atoms with van der Waals surface area (Å²) in [4.78, 5) is 4.39. The van der Waals surface area contributed by atoms with Gasteiger partial charge in [-0.25, -0.2) is 0 Å². The highest BCUT2D eigenvalue weighted by Crippen LogP contribution is 2.25. The molecule has 0 unspecified atom stereocenters. The lowest BCUT2D eigenvalue weighted by molar-refractivity contribution is 0.359. The topological polar surface area (TPSA) is 58.8 Å². The minimum absolute atomic E-state index is 0.0344. The summed E-state index contributed by atoms with van der Waals surface area (Å²) >= 11 is 0. The quantitative estimate of drug-likeness (QED) is 0.811. The fraction of sp³-hybridized carbons (Fsp3) is 0.250. The van der Waals surface area contributed by atoms with E-state index in [4.69, 9.17) is 5.73 Å². The van der Waals surface area contributed by atoms with Crippen molar-refractivity contribution >= 4 is 10.9 Å². The van der Waals surface area contributed by atoms with Crippen molar-refractivity contribution in [2.45, 2.75) is 19.9 Å². The molecule has 2 N–H and O–H groups in total. The molecule has 0 saturated carbocycles. The highest BCUT2D eigenvalue weighted by molar-refractivity contribution is 5.85. The number of rotatable bonds is 2. The van der Waals surface area contributed by atoms with Crippen LogP contribution >= 0.6 is 0 Å². The Morgan fingerprint density at radius 1 is 1.33 bits per heavy atom. The smallest absolute Gasteiger partial charge is 0.189 e. The fourth-order valence-corrected chi connectivity index (χ4v) is 1.60. The molecule has 1 heterocycles. The SMILES string of the molecule is CCc1cc([O])c2cc(CN)ccc2n1. The molecule has 15 heavy (non-hydrogen) atoms. The molecule has 0 fully saturated rings. The summed E-state index contributed by atoms with van der Waals surface area (Å²) in [6.45, 7) is 2.44. The zero-order valence-electron chi connectivity index (χ0n) is 8.66. The van der Waals surface area contributed by atoms with Gasteiger partial charge in [-0.05, 0) is 24.1 Å². The van der Waals surface area contributed by atoms with E-state index in [2.05, 4.69) is 4.98 Å². The molecule has 0 spiro atoms. The number of hydrogen-bond acceptors (Lipinski definition) is 2. The van der Waals surface area contributed by atoms with E-state index < -0.39 is 0 Å². The standard InChI is InChI=1S/C12H13N2O/c1-2-9-6-12(15)10-5-8(7-13)3-4-11(10)14-9/h3-6H,2,7,13H2,1H3. The number of pyridine rings is 1. The minimum atomic E-state index is 0.0344. The lowest BCUT2D eigenvalue weighted by atomic mass is 10.1. The van der Waals surface area contributed by atoms with Crippen LogP contribution in [0.2, 0.25) is 0 Å². The third-order valence-corrected chi connectivity index (χ3v) is 2.49. The van der Waals surface area contributed by atoms with E-state index in [1.807, 2.05) is 25.1 Å². The largest absolute Gasteiger partial charge is 0.326 e.